The molecule has 1 atom stereocenters. The summed E-state index contributed by atoms with van der Waals surface area (Å²) in [7, 11) is 1.85. The van der Waals surface area contributed by atoms with Crippen LogP contribution in [0.5, 0.6) is 5.75 Å². The van der Waals surface area contributed by atoms with E-state index in [1.54, 1.807) is 12.1 Å². The summed E-state index contributed by atoms with van der Waals surface area (Å²) in [6.45, 7) is 0.750. The van der Waals surface area contributed by atoms with Gasteiger partial charge in [-0.15, -0.1) is 29.9 Å². The van der Waals surface area contributed by atoms with E-state index in [2.05, 4.69) is 20.5 Å². The van der Waals surface area contributed by atoms with Crippen molar-refractivity contribution in [2.75, 3.05) is 25.1 Å². The normalized spacial score (nSPS) is 11.4. The molecule has 0 bridgehead atoms. The average Bonchev–Trinajstić information content (AvgIpc) is 2.92. The van der Waals surface area contributed by atoms with Crippen LogP contribution in [0.2, 0.25) is 0 Å². The number of rotatable bonds is 8. The minimum absolute atomic E-state index is 0. The highest BCUT2D eigenvalue weighted by Gasteiger charge is 2.30. The molecule has 0 aliphatic heterocycles. The van der Waals surface area contributed by atoms with Crippen molar-refractivity contribution in [2.45, 2.75) is 18.7 Å². The second-order valence-electron chi connectivity index (χ2n) is 8.11. The molecule has 7 nitrogen and oxygen atoms in total. The van der Waals surface area contributed by atoms with Crippen LogP contribution in [0.25, 0.3) is 0 Å². The molecule has 0 saturated heterocycles. The van der Waals surface area contributed by atoms with Crippen LogP contribution < -0.4 is 21.5 Å². The van der Waals surface area contributed by atoms with Gasteiger partial charge in [-0.2, -0.15) is 18.3 Å². The van der Waals surface area contributed by atoms with Crippen LogP contribution in [0.15, 0.2) is 107 Å². The van der Waals surface area contributed by atoms with Gasteiger partial charge in [-0.25, -0.2) is 4.98 Å². The van der Waals surface area contributed by atoms with E-state index in [0.717, 1.165) is 36.3 Å². The number of hydrogen-bond acceptors (Lipinski definition) is 7. The molecule has 1 aromatic heterocycles. The molecule has 0 aliphatic rings. The Morgan fingerprint density at radius 1 is 0.825 bits per heavy atom. The SMILES string of the molecule is CNCCC(Oc1ccc(C(F)(F)F)cc1)c1ccccc1.Cl.Cl.Nc1ccc(N=Nc2ccccc2)c(N)n1. The number of halogens is 5. The lowest BCUT2D eigenvalue weighted by Gasteiger charge is -2.20. The molecule has 4 rings (SSSR count). The fourth-order valence-corrected chi connectivity index (χ4v) is 3.30. The van der Waals surface area contributed by atoms with Crippen molar-refractivity contribution in [3.63, 3.8) is 0 Å². The Morgan fingerprint density at radius 3 is 1.98 bits per heavy atom. The zero-order valence-corrected chi connectivity index (χ0v) is 23.2. The van der Waals surface area contributed by atoms with Gasteiger partial charge in [-0.05, 0) is 67.7 Å². The zero-order chi connectivity index (χ0) is 27.4. The number of nitrogens with two attached hydrogens (primary N) is 2. The number of nitrogens with one attached hydrogen (secondary N) is 1. The molecule has 3 aromatic carbocycles. The first-order valence-corrected chi connectivity index (χ1v) is 11.8. The molecule has 5 N–H and O–H groups in total. The van der Waals surface area contributed by atoms with Gasteiger partial charge in [0, 0.05) is 6.42 Å². The van der Waals surface area contributed by atoms with Crippen molar-refractivity contribution in [1.82, 2.24) is 10.3 Å². The minimum atomic E-state index is -4.33. The summed E-state index contributed by atoms with van der Waals surface area (Å²) in [5, 5.41) is 11.1. The van der Waals surface area contributed by atoms with E-state index in [1.807, 2.05) is 67.7 Å². The molecule has 0 aliphatic carbocycles. The van der Waals surface area contributed by atoms with Gasteiger partial charge in [0.15, 0.2) is 5.82 Å². The highest BCUT2D eigenvalue weighted by molar-refractivity contribution is 5.85. The number of nitrogen functional groups attached to an aromatic ring is 2. The maximum absolute atomic E-state index is 12.6. The smallest absolute Gasteiger partial charge is 0.416 e. The number of pyridine rings is 1. The number of aromatic nitrogens is 1. The van der Waals surface area contributed by atoms with Crippen LogP contribution in [-0.2, 0) is 6.18 Å². The van der Waals surface area contributed by atoms with Gasteiger partial charge in [0.25, 0.3) is 0 Å². The minimum Gasteiger partial charge on any atom is -0.486 e. The Bertz CT molecular complexity index is 1300. The van der Waals surface area contributed by atoms with E-state index in [0.29, 0.717) is 17.3 Å². The Balaban J connectivity index is 0.000000397. The first kappa shape index (κ1) is 34.2. The Morgan fingerprint density at radius 2 is 1.43 bits per heavy atom. The van der Waals surface area contributed by atoms with Gasteiger partial charge < -0.3 is 21.5 Å². The average molecular weight is 595 g/mol. The molecule has 1 heterocycles. The van der Waals surface area contributed by atoms with Gasteiger partial charge in [-0.3, -0.25) is 0 Å². The van der Waals surface area contributed by atoms with E-state index in [-0.39, 0.29) is 36.7 Å². The molecule has 40 heavy (non-hydrogen) atoms. The van der Waals surface area contributed by atoms with Crippen LogP contribution in [0, 0.1) is 0 Å². The summed E-state index contributed by atoms with van der Waals surface area (Å²) in [5.74, 6) is 1.08. The molecule has 12 heteroatoms. The van der Waals surface area contributed by atoms with E-state index < -0.39 is 11.7 Å². The number of azo groups is 1. The summed E-state index contributed by atoms with van der Waals surface area (Å²) in [6.07, 6.45) is -3.81. The molecule has 0 radical (unpaired) electrons. The van der Waals surface area contributed by atoms with Gasteiger partial charge in [0.1, 0.15) is 23.4 Å². The van der Waals surface area contributed by atoms with Crippen LogP contribution in [0.4, 0.5) is 36.2 Å². The predicted octanol–water partition coefficient (Wildman–Crippen LogP) is 7.94. The van der Waals surface area contributed by atoms with Gasteiger partial charge in [0.05, 0.1) is 11.3 Å². The van der Waals surface area contributed by atoms with Crippen molar-refractivity contribution < 1.29 is 17.9 Å². The molecule has 1 unspecified atom stereocenters. The monoisotopic (exact) mass is 594 g/mol. The summed E-state index contributed by atoms with van der Waals surface area (Å²) in [4.78, 5) is 3.89. The van der Waals surface area contributed by atoms with E-state index in [9.17, 15) is 13.2 Å². The topological polar surface area (TPSA) is 111 Å². The van der Waals surface area contributed by atoms with Crippen LogP contribution in [0.3, 0.4) is 0 Å². The fourth-order valence-electron chi connectivity index (χ4n) is 3.30. The number of alkyl halides is 3. The van der Waals surface area contributed by atoms with Crippen molar-refractivity contribution in [2.24, 2.45) is 10.2 Å². The fraction of sp³-hybridized carbons (Fsp3) is 0.179. The van der Waals surface area contributed by atoms with E-state index in [4.69, 9.17) is 16.2 Å². The molecule has 214 valence electrons. The second kappa shape index (κ2) is 17.0. The summed E-state index contributed by atoms with van der Waals surface area (Å²) >= 11 is 0. The van der Waals surface area contributed by atoms with Crippen molar-refractivity contribution in [3.05, 3.63) is 108 Å². The van der Waals surface area contributed by atoms with Crippen molar-refractivity contribution in [3.8, 4) is 5.75 Å². The molecule has 0 fully saturated rings. The standard InChI is InChI=1S/C17H18F3NO.C11H11N5.2ClH/c1-21-12-11-16(13-5-3-2-4-6-13)22-15-9-7-14(8-10-15)17(18,19)20;12-10-7-6-9(11(13)14-10)16-15-8-4-2-1-3-5-8;;/h2-10,16,21H,11-12H2,1H3;1-7H,(H4,12,13,14);2*1H. The number of hydrogen-bond donors (Lipinski definition) is 3. The Labute approximate surface area is 243 Å². The van der Waals surface area contributed by atoms with Crippen molar-refractivity contribution >= 4 is 47.8 Å². The lowest BCUT2D eigenvalue weighted by molar-refractivity contribution is -0.137. The Kier molecular flexibility index (Phi) is 14.5. The van der Waals surface area contributed by atoms with Crippen LogP contribution in [-0.4, -0.2) is 18.6 Å². The molecular weight excluding hydrogens is 564 g/mol. The van der Waals surface area contributed by atoms with Gasteiger partial charge in [-0.1, -0.05) is 48.5 Å². The molecule has 0 amide bonds. The molecule has 0 spiro atoms. The maximum Gasteiger partial charge on any atom is 0.416 e. The van der Waals surface area contributed by atoms with Crippen molar-refractivity contribution in [1.29, 1.82) is 0 Å². The highest BCUT2D eigenvalue weighted by atomic mass is 35.5. The van der Waals surface area contributed by atoms with E-state index in [1.165, 1.54) is 12.1 Å². The molecular formula is C28H31Cl2F3N6O. The van der Waals surface area contributed by atoms with E-state index >= 15 is 0 Å². The van der Waals surface area contributed by atoms with Gasteiger partial charge >= 0.3 is 6.18 Å². The Hall–Kier alpha value is -3.86. The zero-order valence-electron chi connectivity index (χ0n) is 21.6. The third-order valence-corrected chi connectivity index (χ3v) is 5.24. The third-order valence-electron chi connectivity index (χ3n) is 5.24. The summed E-state index contributed by atoms with van der Waals surface area (Å²) in [6, 6.07) is 27.1. The first-order chi connectivity index (χ1) is 18.3. The first-order valence-electron chi connectivity index (χ1n) is 11.8. The third kappa shape index (κ3) is 11.1. The summed E-state index contributed by atoms with van der Waals surface area (Å²) in [5.41, 5.74) is 12.7. The second-order valence-corrected chi connectivity index (χ2v) is 8.11. The largest absolute Gasteiger partial charge is 0.486 e. The quantitative estimate of drug-likeness (QED) is 0.179. The number of anilines is 2. The molecule has 4 aromatic rings. The van der Waals surface area contributed by atoms with Gasteiger partial charge in [0.2, 0.25) is 0 Å². The number of ether oxygens (including phenoxy) is 1. The summed E-state index contributed by atoms with van der Waals surface area (Å²) < 4.78 is 43.6. The maximum atomic E-state index is 12.6. The van der Waals surface area contributed by atoms with Crippen LogP contribution in [0.1, 0.15) is 23.7 Å². The van der Waals surface area contributed by atoms with Crippen LogP contribution >= 0.6 is 24.8 Å². The number of benzene rings is 3. The predicted molar refractivity (Wildman–Crippen MR) is 158 cm³/mol. The lowest BCUT2D eigenvalue weighted by atomic mass is 10.1. The lowest BCUT2D eigenvalue weighted by Crippen LogP contribution is -2.16. The number of nitrogens with zero attached hydrogens (tertiary/aromatic N) is 3. The highest BCUT2D eigenvalue weighted by Crippen LogP contribution is 2.32. The molecule has 0 saturated carbocycles.